The first kappa shape index (κ1) is 31.1. The Hall–Kier alpha value is -2.52. The number of anilines is 2. The second-order valence-corrected chi connectivity index (χ2v) is 16.2. The van der Waals surface area contributed by atoms with E-state index in [2.05, 4.69) is 44.4 Å². The first-order valence-electron chi connectivity index (χ1n) is 13.2. The van der Waals surface area contributed by atoms with Gasteiger partial charge in [-0.1, -0.05) is 24.5 Å². The van der Waals surface area contributed by atoms with Gasteiger partial charge in [0.15, 0.2) is 18.1 Å². The molecule has 7 N–H and O–H groups in total. The monoisotopic (exact) mass is 704 g/mol. The van der Waals surface area contributed by atoms with Gasteiger partial charge in [0, 0.05) is 12.4 Å². The largest absolute Gasteiger partial charge is 0.387 e. The number of nitrogens with two attached hydrogens (primary N) is 2. The number of aliphatic hydroxyl groups is 2. The van der Waals surface area contributed by atoms with Crippen molar-refractivity contribution >= 4 is 71.9 Å². The Morgan fingerprint density at radius 2 is 1.49 bits per heavy atom. The Bertz CT molecular complexity index is 1940. The SMILES string of the molecule is Nc1nc2c(ccn2C2OC3COP(=O)(S)OC4C(COP(=O)(S)OC2C3O)OC(n2ccc3c(N)ncnc32)C4O)c(=O)[nH]1. The highest BCUT2D eigenvalue weighted by atomic mass is 32.7. The number of H-pyrrole nitrogens is 1. The molecule has 4 aromatic rings. The van der Waals surface area contributed by atoms with E-state index < -0.39 is 81.4 Å². The molecule has 10 atom stereocenters. The summed E-state index contributed by atoms with van der Waals surface area (Å²) in [4.78, 5) is 27.1. The Morgan fingerprint density at radius 3 is 2.22 bits per heavy atom. The highest BCUT2D eigenvalue weighted by Gasteiger charge is 2.53. The second-order valence-electron chi connectivity index (χ2n) is 10.4. The zero-order valence-electron chi connectivity index (χ0n) is 22.7. The number of fused-ring (bicyclic) bond motifs is 5. The molecular formula is C22H26N8O11P2S2. The zero-order chi connectivity index (χ0) is 31.8. The van der Waals surface area contributed by atoms with Crippen molar-refractivity contribution in [2.24, 2.45) is 0 Å². The molecule has 2 bridgehead atoms. The van der Waals surface area contributed by atoms with Crippen LogP contribution in [0.4, 0.5) is 11.8 Å². The van der Waals surface area contributed by atoms with Crippen molar-refractivity contribution in [3.05, 3.63) is 41.2 Å². The summed E-state index contributed by atoms with van der Waals surface area (Å²) in [6.45, 7) is -9.75. The summed E-state index contributed by atoms with van der Waals surface area (Å²) in [5, 5.41) is 23.1. The number of nitrogens with one attached hydrogen (secondary N) is 1. The average molecular weight is 705 g/mol. The van der Waals surface area contributed by atoms with E-state index in [0.29, 0.717) is 11.0 Å². The number of ether oxygens (including phenoxy) is 2. The van der Waals surface area contributed by atoms with E-state index in [1.54, 1.807) is 12.3 Å². The molecule has 3 aliphatic rings. The molecule has 0 saturated carbocycles. The molecule has 242 valence electrons. The number of aliphatic hydroxyl groups excluding tert-OH is 2. The van der Waals surface area contributed by atoms with Crippen LogP contribution in [0.2, 0.25) is 0 Å². The van der Waals surface area contributed by atoms with Crippen LogP contribution >= 0.6 is 38.1 Å². The van der Waals surface area contributed by atoms with Crippen LogP contribution in [0.15, 0.2) is 35.6 Å². The van der Waals surface area contributed by atoms with Crippen LogP contribution in [0.25, 0.3) is 22.1 Å². The molecule has 0 aliphatic carbocycles. The minimum atomic E-state index is -4.34. The summed E-state index contributed by atoms with van der Waals surface area (Å²) in [6.07, 6.45) is -6.51. The van der Waals surface area contributed by atoms with Gasteiger partial charge >= 0.3 is 13.6 Å². The van der Waals surface area contributed by atoms with E-state index in [4.69, 9.17) is 39.0 Å². The minimum Gasteiger partial charge on any atom is -0.387 e. The van der Waals surface area contributed by atoms with Crippen molar-refractivity contribution in [1.82, 2.24) is 29.1 Å². The van der Waals surface area contributed by atoms with Crippen molar-refractivity contribution in [3.63, 3.8) is 0 Å². The molecule has 45 heavy (non-hydrogen) atoms. The lowest BCUT2D eigenvalue weighted by Crippen LogP contribution is -2.35. The number of aromatic amines is 1. The van der Waals surface area contributed by atoms with E-state index in [0.717, 1.165) is 0 Å². The van der Waals surface area contributed by atoms with Crippen LogP contribution in [0.5, 0.6) is 0 Å². The Balaban J connectivity index is 1.21. The van der Waals surface area contributed by atoms with Crippen molar-refractivity contribution in [2.45, 2.75) is 49.1 Å². The zero-order valence-corrected chi connectivity index (χ0v) is 26.2. The van der Waals surface area contributed by atoms with Gasteiger partial charge in [-0.15, -0.1) is 0 Å². The van der Waals surface area contributed by atoms with Crippen molar-refractivity contribution in [3.8, 4) is 0 Å². The molecule has 0 spiro atoms. The number of hydrogen-bond donors (Lipinski definition) is 7. The lowest BCUT2D eigenvalue weighted by atomic mass is 10.1. The van der Waals surface area contributed by atoms with Crippen LogP contribution in [-0.4, -0.2) is 89.1 Å². The maximum absolute atomic E-state index is 13.6. The second kappa shape index (κ2) is 11.3. The van der Waals surface area contributed by atoms with Crippen LogP contribution in [0, 0.1) is 0 Å². The molecule has 4 aromatic heterocycles. The molecule has 19 nitrogen and oxygen atoms in total. The van der Waals surface area contributed by atoms with Gasteiger partial charge in [-0.2, -0.15) is 4.98 Å². The normalized spacial score (nSPS) is 37.7. The molecule has 7 heterocycles. The molecule has 0 aromatic carbocycles. The molecule has 10 unspecified atom stereocenters. The summed E-state index contributed by atoms with van der Waals surface area (Å²) in [5.41, 5.74) is 11.6. The van der Waals surface area contributed by atoms with Crippen molar-refractivity contribution in [1.29, 1.82) is 0 Å². The van der Waals surface area contributed by atoms with Crippen LogP contribution in [0.1, 0.15) is 12.5 Å². The minimum absolute atomic E-state index is 0.0784. The fraction of sp³-hybridized carbons (Fsp3) is 0.455. The fourth-order valence-electron chi connectivity index (χ4n) is 5.57. The average Bonchev–Trinajstić information content (AvgIpc) is 3.72. The Labute approximate surface area is 262 Å². The maximum Gasteiger partial charge on any atom is 0.386 e. The number of thiol groups is 2. The Kier molecular flexibility index (Phi) is 7.82. The summed E-state index contributed by atoms with van der Waals surface area (Å²) in [6, 6.07) is 3.07. The van der Waals surface area contributed by atoms with E-state index in [1.807, 2.05) is 0 Å². The fourth-order valence-corrected chi connectivity index (χ4v) is 8.52. The first-order valence-corrected chi connectivity index (χ1v) is 18.6. The van der Waals surface area contributed by atoms with Gasteiger partial charge in [0.1, 0.15) is 54.4 Å². The molecule has 3 saturated heterocycles. The summed E-state index contributed by atoms with van der Waals surface area (Å²) in [7, 11) is 0. The predicted octanol–water partition coefficient (Wildman–Crippen LogP) is 0.743. The number of nitrogens with zero attached hydrogens (tertiary/aromatic N) is 5. The van der Waals surface area contributed by atoms with Crippen LogP contribution < -0.4 is 17.0 Å². The third-order valence-corrected chi connectivity index (χ3v) is 10.9. The topological polar surface area (TPSA) is 263 Å². The Morgan fingerprint density at radius 1 is 0.867 bits per heavy atom. The smallest absolute Gasteiger partial charge is 0.386 e. The third-order valence-electron chi connectivity index (χ3n) is 7.62. The molecule has 3 fully saturated rings. The maximum atomic E-state index is 13.6. The molecule has 7 rings (SSSR count). The third kappa shape index (κ3) is 5.60. The standard InChI is InChI=1S/C22H26N8O11P2S2/c23-16-8-1-3-29(17(8)26-7-25-16)20-13(32)14-11(39-20)6-37-43(35,45)41-15-12(31)10(5-36-42(34,44)40-14)38-21(15)30-4-2-9-18(30)27-22(24)28-19(9)33/h1-4,7,10-15,20-21,31-32H,5-6H2,(H,34,44)(H,35,45)(H2,23,25,26)(H3,24,27,28,33). The lowest BCUT2D eigenvalue weighted by molar-refractivity contribution is -0.0573. The van der Waals surface area contributed by atoms with Gasteiger partial charge in [0.2, 0.25) is 5.95 Å². The highest BCUT2D eigenvalue weighted by molar-refractivity contribution is 8.44. The van der Waals surface area contributed by atoms with Gasteiger partial charge < -0.3 is 40.3 Å². The number of rotatable bonds is 2. The van der Waals surface area contributed by atoms with Crippen LogP contribution in [0.3, 0.4) is 0 Å². The predicted molar refractivity (Wildman–Crippen MR) is 161 cm³/mol. The van der Waals surface area contributed by atoms with Gasteiger partial charge in [-0.05, 0) is 12.1 Å². The van der Waals surface area contributed by atoms with Gasteiger partial charge in [0.05, 0.1) is 24.0 Å². The molecule has 23 heteroatoms. The van der Waals surface area contributed by atoms with Gasteiger partial charge in [-0.3, -0.25) is 27.9 Å². The van der Waals surface area contributed by atoms with E-state index in [9.17, 15) is 24.1 Å². The van der Waals surface area contributed by atoms with E-state index >= 15 is 0 Å². The summed E-state index contributed by atoms with van der Waals surface area (Å²) < 4.78 is 64.2. The number of nitrogen functional groups attached to an aromatic ring is 2. The van der Waals surface area contributed by atoms with Gasteiger partial charge in [0.25, 0.3) is 5.56 Å². The quantitative estimate of drug-likeness (QED) is 0.112. The highest BCUT2D eigenvalue weighted by Crippen LogP contribution is 2.60. The first-order chi connectivity index (χ1) is 21.3. The molecule has 0 radical (unpaired) electrons. The lowest BCUT2D eigenvalue weighted by Gasteiger charge is -2.26. The molecular weight excluding hydrogens is 678 g/mol. The van der Waals surface area contributed by atoms with Crippen molar-refractivity contribution in [2.75, 3.05) is 24.7 Å². The van der Waals surface area contributed by atoms with Crippen LogP contribution in [-0.2, 0) is 36.7 Å². The summed E-state index contributed by atoms with van der Waals surface area (Å²) >= 11 is 8.17. The molecule has 3 aliphatic heterocycles. The van der Waals surface area contributed by atoms with Gasteiger partial charge in [-0.25, -0.2) is 19.1 Å². The molecule has 0 amide bonds. The number of hydrogen-bond acceptors (Lipinski definition) is 16. The van der Waals surface area contributed by atoms with E-state index in [1.165, 1.54) is 27.7 Å². The summed E-state index contributed by atoms with van der Waals surface area (Å²) in [5.74, 6) is 0.0170. The van der Waals surface area contributed by atoms with Crippen molar-refractivity contribution < 1.29 is 46.9 Å². The van der Waals surface area contributed by atoms with E-state index in [-0.39, 0.29) is 22.8 Å². The number of aromatic nitrogens is 6.